The number of cyclic esters (lactones) is 4. The molecule has 2 saturated heterocycles. The lowest BCUT2D eigenvalue weighted by Crippen LogP contribution is -2.49. The van der Waals surface area contributed by atoms with Gasteiger partial charge in [-0.3, -0.25) is 19.2 Å². The van der Waals surface area contributed by atoms with E-state index in [4.69, 9.17) is 9.47 Å². The van der Waals surface area contributed by atoms with Gasteiger partial charge in [0.25, 0.3) is 0 Å². The molecule has 0 N–H and O–H groups in total. The minimum absolute atomic E-state index is 0.0791. The molecule has 6 aliphatic rings. The molecule has 0 radical (unpaired) electrons. The molecule has 7 atom stereocenters. The minimum atomic E-state index is -0.652. The third kappa shape index (κ3) is 1.83. The van der Waals surface area contributed by atoms with E-state index >= 15 is 0 Å². The van der Waals surface area contributed by atoms with Gasteiger partial charge in [0.15, 0.2) is 0 Å². The number of fused-ring (bicyclic) bond motifs is 1. The zero-order valence-corrected chi connectivity index (χ0v) is 14.7. The quantitative estimate of drug-likeness (QED) is 0.423. The maximum atomic E-state index is 12.6. The molecule has 3 fully saturated rings. The van der Waals surface area contributed by atoms with Crippen molar-refractivity contribution in [2.75, 3.05) is 0 Å². The summed E-state index contributed by atoms with van der Waals surface area (Å²) in [6, 6.07) is 9.49. The van der Waals surface area contributed by atoms with E-state index in [0.717, 1.165) is 16.7 Å². The zero-order valence-electron chi connectivity index (χ0n) is 14.7. The Bertz CT molecular complexity index is 1020. The lowest BCUT2D eigenvalue weighted by molar-refractivity contribution is -0.155. The normalized spacial score (nSPS) is 40.2. The first kappa shape index (κ1) is 16.0. The largest absolute Gasteiger partial charge is 0.393 e. The standard InChI is InChI=1S/C22H16O6/c23-19-13-8-12-10-6-7-11(17-16(10)20(24)28-21(17)25)15(12)14(18(13)22(26)27-19)9-4-2-1-3-5-9/h1-7,10-13,16-18H,8H2. The Labute approximate surface area is 160 Å². The van der Waals surface area contributed by atoms with E-state index in [1.54, 1.807) is 0 Å². The van der Waals surface area contributed by atoms with Gasteiger partial charge in [-0.2, -0.15) is 0 Å². The molecule has 0 amide bonds. The molecule has 6 heteroatoms. The van der Waals surface area contributed by atoms with Crippen molar-refractivity contribution in [2.24, 2.45) is 41.4 Å². The highest BCUT2D eigenvalue weighted by Gasteiger charge is 2.64. The SMILES string of the molecule is O=C1OC(=O)C2C(c3ccccc3)=C3C4C=CC(C3CC12)C1C(=O)OC(=O)C41. The Morgan fingerprint density at radius 2 is 1.46 bits per heavy atom. The van der Waals surface area contributed by atoms with Gasteiger partial charge in [0.05, 0.1) is 23.7 Å². The van der Waals surface area contributed by atoms with E-state index < -0.39 is 47.5 Å². The van der Waals surface area contributed by atoms with Crippen LogP contribution in [0.15, 0.2) is 48.1 Å². The average molecular weight is 376 g/mol. The molecule has 2 aliphatic heterocycles. The fourth-order valence-electron chi connectivity index (χ4n) is 6.09. The Balaban J connectivity index is 1.62. The van der Waals surface area contributed by atoms with Gasteiger partial charge in [0.2, 0.25) is 0 Å². The summed E-state index contributed by atoms with van der Waals surface area (Å²) >= 11 is 0. The van der Waals surface area contributed by atoms with Gasteiger partial charge in [-0.05, 0) is 29.4 Å². The Kier molecular flexibility index (Phi) is 3.01. The van der Waals surface area contributed by atoms with E-state index in [0.29, 0.717) is 6.42 Å². The zero-order chi connectivity index (χ0) is 19.2. The van der Waals surface area contributed by atoms with E-state index in [2.05, 4.69) is 0 Å². The van der Waals surface area contributed by atoms with Crippen LogP contribution < -0.4 is 0 Å². The molecule has 4 aliphatic carbocycles. The topological polar surface area (TPSA) is 86.7 Å². The van der Waals surface area contributed by atoms with Crippen LogP contribution in [0.5, 0.6) is 0 Å². The molecule has 1 aromatic rings. The van der Waals surface area contributed by atoms with Crippen molar-refractivity contribution in [3.8, 4) is 0 Å². The molecule has 1 saturated carbocycles. The fraction of sp³-hybridized carbons (Fsp3) is 0.364. The average Bonchev–Trinajstić information content (AvgIpc) is 3.17. The summed E-state index contributed by atoms with van der Waals surface area (Å²) in [5, 5.41) is 0. The number of ether oxygens (including phenoxy) is 2. The molecule has 0 aromatic heterocycles. The second-order valence-electron chi connectivity index (χ2n) is 8.18. The Morgan fingerprint density at radius 1 is 0.750 bits per heavy atom. The first-order valence-corrected chi connectivity index (χ1v) is 9.55. The fourth-order valence-corrected chi connectivity index (χ4v) is 6.09. The van der Waals surface area contributed by atoms with Crippen LogP contribution in [0.25, 0.3) is 5.57 Å². The van der Waals surface area contributed by atoms with Crippen LogP contribution in [-0.2, 0) is 28.7 Å². The van der Waals surface area contributed by atoms with Crippen LogP contribution in [0.4, 0.5) is 0 Å². The third-order valence-electron chi connectivity index (χ3n) is 7.07. The number of carbonyl (C=O) groups excluding carboxylic acids is 4. The van der Waals surface area contributed by atoms with E-state index in [1.165, 1.54) is 0 Å². The van der Waals surface area contributed by atoms with Crippen LogP contribution in [0, 0.1) is 41.4 Å². The summed E-state index contributed by atoms with van der Waals surface area (Å²) in [4.78, 5) is 49.7. The Hall–Kier alpha value is -3.02. The van der Waals surface area contributed by atoms with E-state index in [9.17, 15) is 19.2 Å². The molecular formula is C22H16O6. The van der Waals surface area contributed by atoms with Crippen molar-refractivity contribution < 1.29 is 28.7 Å². The number of hydrogen-bond donors (Lipinski definition) is 0. The monoisotopic (exact) mass is 376 g/mol. The number of carbonyl (C=O) groups is 4. The molecule has 6 nitrogen and oxygen atoms in total. The van der Waals surface area contributed by atoms with Crippen LogP contribution in [0.3, 0.4) is 0 Å². The van der Waals surface area contributed by atoms with E-state index in [1.807, 2.05) is 42.5 Å². The molecule has 2 heterocycles. The first-order valence-electron chi connectivity index (χ1n) is 9.55. The second kappa shape index (κ2) is 5.28. The Morgan fingerprint density at radius 3 is 2.25 bits per heavy atom. The number of rotatable bonds is 1. The lowest BCUT2D eigenvalue weighted by atomic mass is 9.50. The van der Waals surface area contributed by atoms with Crippen LogP contribution in [0.1, 0.15) is 12.0 Å². The molecule has 140 valence electrons. The number of esters is 4. The van der Waals surface area contributed by atoms with Crippen molar-refractivity contribution in [1.29, 1.82) is 0 Å². The van der Waals surface area contributed by atoms with Crippen molar-refractivity contribution in [3.05, 3.63) is 53.6 Å². The third-order valence-corrected chi connectivity index (χ3v) is 7.07. The summed E-state index contributed by atoms with van der Waals surface area (Å²) in [5.74, 6) is -4.79. The van der Waals surface area contributed by atoms with Gasteiger partial charge in [-0.1, -0.05) is 48.1 Å². The van der Waals surface area contributed by atoms with Crippen molar-refractivity contribution in [1.82, 2.24) is 0 Å². The van der Waals surface area contributed by atoms with Crippen LogP contribution in [-0.4, -0.2) is 23.9 Å². The van der Waals surface area contributed by atoms with Crippen molar-refractivity contribution in [2.45, 2.75) is 6.42 Å². The maximum Gasteiger partial charge on any atom is 0.321 e. The predicted octanol–water partition coefficient (Wildman–Crippen LogP) is 1.91. The van der Waals surface area contributed by atoms with Crippen LogP contribution >= 0.6 is 0 Å². The molecule has 1 aromatic carbocycles. The molecule has 28 heavy (non-hydrogen) atoms. The summed E-state index contributed by atoms with van der Waals surface area (Å²) in [5.41, 5.74) is 2.65. The molecule has 7 unspecified atom stereocenters. The van der Waals surface area contributed by atoms with Gasteiger partial charge in [-0.15, -0.1) is 0 Å². The maximum absolute atomic E-state index is 12.6. The van der Waals surface area contributed by atoms with Gasteiger partial charge >= 0.3 is 23.9 Å². The van der Waals surface area contributed by atoms with Gasteiger partial charge < -0.3 is 9.47 Å². The minimum Gasteiger partial charge on any atom is -0.393 e. The first-order chi connectivity index (χ1) is 13.6. The number of hydrogen-bond acceptors (Lipinski definition) is 6. The highest BCUT2D eigenvalue weighted by Crippen LogP contribution is 2.61. The van der Waals surface area contributed by atoms with Gasteiger partial charge in [0.1, 0.15) is 0 Å². The summed E-state index contributed by atoms with van der Waals surface area (Å²) in [7, 11) is 0. The molecular weight excluding hydrogens is 360 g/mol. The highest BCUT2D eigenvalue weighted by atomic mass is 16.6. The molecule has 7 rings (SSSR count). The summed E-state index contributed by atoms with van der Waals surface area (Å²) in [6.45, 7) is 0. The summed E-state index contributed by atoms with van der Waals surface area (Å²) < 4.78 is 9.98. The second-order valence-corrected chi connectivity index (χ2v) is 8.18. The number of benzene rings is 1. The number of allylic oxidation sites excluding steroid dienone is 3. The van der Waals surface area contributed by atoms with Gasteiger partial charge in [0, 0.05) is 5.92 Å². The van der Waals surface area contributed by atoms with E-state index in [-0.39, 0.29) is 17.8 Å². The smallest absolute Gasteiger partial charge is 0.321 e. The molecule has 0 spiro atoms. The predicted molar refractivity (Wildman–Crippen MR) is 93.7 cm³/mol. The van der Waals surface area contributed by atoms with Crippen LogP contribution in [0.2, 0.25) is 0 Å². The lowest BCUT2D eigenvalue weighted by Gasteiger charge is -2.50. The van der Waals surface area contributed by atoms with Crippen molar-refractivity contribution >= 4 is 29.5 Å². The molecule has 2 bridgehead atoms. The summed E-state index contributed by atoms with van der Waals surface area (Å²) in [6.07, 6.45) is 4.42. The van der Waals surface area contributed by atoms with Gasteiger partial charge in [-0.25, -0.2) is 0 Å². The highest BCUT2D eigenvalue weighted by molar-refractivity contribution is 6.06. The van der Waals surface area contributed by atoms with Crippen molar-refractivity contribution in [3.63, 3.8) is 0 Å².